The number of amides is 1. The smallest absolute Gasteiger partial charge is 0.301 e. The van der Waals surface area contributed by atoms with E-state index in [4.69, 9.17) is 9.47 Å². The van der Waals surface area contributed by atoms with Crippen LogP contribution < -0.4 is 14.4 Å². The van der Waals surface area contributed by atoms with Crippen LogP contribution in [0.4, 0.5) is 9.52 Å². The molecule has 0 aliphatic carbocycles. The van der Waals surface area contributed by atoms with Crippen molar-refractivity contribution in [1.82, 2.24) is 10.2 Å². The van der Waals surface area contributed by atoms with Crippen molar-refractivity contribution in [2.45, 2.75) is 29.7 Å². The van der Waals surface area contributed by atoms with Crippen LogP contribution in [-0.2, 0) is 21.9 Å². The Balaban J connectivity index is 1.32. The van der Waals surface area contributed by atoms with E-state index in [0.29, 0.717) is 33.6 Å². The monoisotopic (exact) mass is 669 g/mol. The third-order valence-electron chi connectivity index (χ3n) is 7.46. The van der Waals surface area contributed by atoms with Gasteiger partial charge in [-0.05, 0) is 72.1 Å². The van der Waals surface area contributed by atoms with E-state index in [2.05, 4.69) is 10.2 Å². The Morgan fingerprint density at radius 2 is 1.74 bits per heavy atom. The average Bonchev–Trinajstić information content (AvgIpc) is 3.65. The Labute approximate surface area is 277 Å². The number of aromatic hydroxyl groups is 1. The first-order valence-corrected chi connectivity index (χ1v) is 16.2. The van der Waals surface area contributed by atoms with E-state index in [-0.39, 0.29) is 33.8 Å². The molecular weight excluding hydrogens is 642 g/mol. The van der Waals surface area contributed by atoms with Crippen molar-refractivity contribution in [3.05, 3.63) is 130 Å². The molecule has 1 aliphatic rings. The topological polar surface area (TPSA) is 122 Å². The summed E-state index contributed by atoms with van der Waals surface area (Å²) in [7, 11) is 1.38. The summed E-state index contributed by atoms with van der Waals surface area (Å²) in [6.07, 6.45) is 0. The number of aromatic nitrogens is 2. The summed E-state index contributed by atoms with van der Waals surface area (Å²) in [6.45, 7) is 2.36. The van der Waals surface area contributed by atoms with Crippen LogP contribution in [0.15, 0.2) is 101 Å². The number of aliphatic hydroxyl groups excluding tert-OH is 1. The Hall–Kier alpha value is -5.20. The van der Waals surface area contributed by atoms with Crippen LogP contribution in [0.1, 0.15) is 33.9 Å². The van der Waals surface area contributed by atoms with Gasteiger partial charge >= 0.3 is 5.91 Å². The number of halogens is 1. The molecule has 9 nitrogen and oxygen atoms in total. The van der Waals surface area contributed by atoms with Gasteiger partial charge in [0, 0.05) is 11.3 Å². The van der Waals surface area contributed by atoms with Gasteiger partial charge in [0.1, 0.15) is 23.9 Å². The number of benzene rings is 4. The van der Waals surface area contributed by atoms with Gasteiger partial charge in [-0.1, -0.05) is 71.1 Å². The molecule has 1 amide bonds. The van der Waals surface area contributed by atoms with E-state index in [1.807, 2.05) is 31.2 Å². The second-order valence-corrected chi connectivity index (χ2v) is 12.8. The number of phenols is 1. The lowest BCUT2D eigenvalue weighted by Gasteiger charge is -2.23. The molecule has 1 atom stereocenters. The van der Waals surface area contributed by atoms with Crippen molar-refractivity contribution in [3.8, 4) is 17.2 Å². The molecule has 0 bridgehead atoms. The first kappa shape index (κ1) is 31.8. The quantitative estimate of drug-likeness (QED) is 0.0523. The summed E-state index contributed by atoms with van der Waals surface area (Å²) in [6, 6.07) is 23.9. The largest absolute Gasteiger partial charge is 0.507 e. The number of ketones is 1. The van der Waals surface area contributed by atoms with Crippen molar-refractivity contribution in [2.24, 2.45) is 0 Å². The van der Waals surface area contributed by atoms with Gasteiger partial charge in [0.2, 0.25) is 5.13 Å². The van der Waals surface area contributed by atoms with Crippen molar-refractivity contribution in [2.75, 3.05) is 12.0 Å². The molecule has 1 aromatic heterocycles. The zero-order chi connectivity index (χ0) is 33.1. The predicted molar refractivity (Wildman–Crippen MR) is 177 cm³/mol. The Morgan fingerprint density at radius 1 is 0.979 bits per heavy atom. The highest BCUT2D eigenvalue weighted by molar-refractivity contribution is 8.00. The van der Waals surface area contributed by atoms with Crippen LogP contribution in [0, 0.1) is 12.7 Å². The molecule has 238 valence electrons. The molecule has 2 N–H and O–H groups in total. The van der Waals surface area contributed by atoms with Gasteiger partial charge in [-0.25, -0.2) is 4.39 Å². The molecule has 12 heteroatoms. The van der Waals surface area contributed by atoms with Crippen LogP contribution >= 0.6 is 23.1 Å². The van der Waals surface area contributed by atoms with Crippen LogP contribution in [0.5, 0.6) is 17.2 Å². The van der Waals surface area contributed by atoms with E-state index in [1.54, 1.807) is 42.5 Å². The number of ether oxygens (including phenoxy) is 2. The number of Topliss-reactive ketones (excluding diaryl/α,β-unsaturated/α-hetero) is 1. The van der Waals surface area contributed by atoms with Gasteiger partial charge in [-0.3, -0.25) is 14.5 Å². The number of rotatable bonds is 10. The highest BCUT2D eigenvalue weighted by Crippen LogP contribution is 2.45. The summed E-state index contributed by atoms with van der Waals surface area (Å²) in [5, 5.41) is 30.4. The van der Waals surface area contributed by atoms with Crippen LogP contribution in [-0.4, -0.2) is 39.2 Å². The minimum Gasteiger partial charge on any atom is -0.507 e. The molecule has 4 aromatic carbocycles. The molecule has 47 heavy (non-hydrogen) atoms. The number of nitrogens with zero attached hydrogens (tertiary/aromatic N) is 3. The zero-order valence-electron chi connectivity index (χ0n) is 25.2. The van der Waals surface area contributed by atoms with Crippen molar-refractivity contribution in [3.63, 3.8) is 0 Å². The van der Waals surface area contributed by atoms with Gasteiger partial charge < -0.3 is 19.7 Å². The normalized spacial score (nSPS) is 15.6. The number of thioether (sulfide) groups is 1. The fourth-order valence-electron chi connectivity index (χ4n) is 5.13. The maximum absolute atomic E-state index is 13.6. The lowest BCUT2D eigenvalue weighted by Crippen LogP contribution is -2.29. The van der Waals surface area contributed by atoms with Crippen molar-refractivity contribution in [1.29, 1.82) is 0 Å². The lowest BCUT2D eigenvalue weighted by molar-refractivity contribution is -0.132. The summed E-state index contributed by atoms with van der Waals surface area (Å²) in [4.78, 5) is 28.4. The Kier molecular flexibility index (Phi) is 9.23. The fourth-order valence-corrected chi connectivity index (χ4v) is 6.95. The molecule has 1 aliphatic heterocycles. The molecule has 0 spiro atoms. The molecule has 1 fully saturated rings. The summed E-state index contributed by atoms with van der Waals surface area (Å²) in [5.41, 5.74) is 3.54. The number of hydrogen-bond acceptors (Lipinski definition) is 10. The SMILES string of the molecule is COc1cc(C2C(=C(O)c3ccc(OCc4cccc(C)c4)cc3)C(=O)C(=O)N2c2nnc(SCc3ccc(F)cc3)s2)ccc1O. The van der Waals surface area contributed by atoms with Crippen LogP contribution in [0.3, 0.4) is 0 Å². The van der Waals surface area contributed by atoms with Gasteiger partial charge in [-0.2, -0.15) is 0 Å². The molecular formula is C35H28FN3O6S2. The summed E-state index contributed by atoms with van der Waals surface area (Å²) >= 11 is 2.45. The van der Waals surface area contributed by atoms with E-state index >= 15 is 0 Å². The first-order chi connectivity index (χ1) is 22.7. The van der Waals surface area contributed by atoms with E-state index in [1.165, 1.54) is 48.0 Å². The number of aliphatic hydroxyl groups is 1. The van der Waals surface area contributed by atoms with Crippen molar-refractivity contribution < 1.29 is 33.7 Å². The van der Waals surface area contributed by atoms with Crippen LogP contribution in [0.2, 0.25) is 0 Å². The fraction of sp³-hybridized carbons (Fsp3) is 0.143. The second kappa shape index (κ2) is 13.7. The number of aryl methyl sites for hydroxylation is 1. The van der Waals surface area contributed by atoms with E-state index < -0.39 is 17.7 Å². The Morgan fingerprint density at radius 3 is 2.47 bits per heavy atom. The molecule has 1 unspecified atom stereocenters. The number of phenolic OH excluding ortho intramolecular Hbond substituents is 1. The third-order valence-corrected chi connectivity index (χ3v) is 9.58. The van der Waals surface area contributed by atoms with E-state index in [9.17, 15) is 24.2 Å². The number of hydrogen-bond donors (Lipinski definition) is 2. The summed E-state index contributed by atoms with van der Waals surface area (Å²) < 4.78 is 25.0. The minimum absolute atomic E-state index is 0.121. The van der Waals surface area contributed by atoms with Gasteiger partial charge in [0.15, 0.2) is 15.8 Å². The molecule has 5 aromatic rings. The standard InChI is InChI=1S/C35H28FN3O6S2/c1-20-4-3-5-22(16-20)18-45-26-13-8-23(9-14-26)31(41)29-30(24-10-15-27(40)28(17-24)44-2)39(33(43)32(29)42)34-37-38-35(47-34)46-19-21-6-11-25(36)12-7-21/h3-17,30,40-41H,18-19H2,1-2H3. The van der Waals surface area contributed by atoms with Gasteiger partial charge in [0.25, 0.3) is 5.78 Å². The molecule has 0 saturated carbocycles. The third kappa shape index (κ3) is 6.83. The second-order valence-electron chi connectivity index (χ2n) is 10.7. The number of anilines is 1. The maximum atomic E-state index is 13.6. The predicted octanol–water partition coefficient (Wildman–Crippen LogP) is 7.20. The highest BCUT2D eigenvalue weighted by Gasteiger charge is 2.48. The van der Waals surface area contributed by atoms with Gasteiger partial charge in [-0.15, -0.1) is 10.2 Å². The highest BCUT2D eigenvalue weighted by atomic mass is 32.2. The summed E-state index contributed by atoms with van der Waals surface area (Å²) in [5.74, 6) is -1.49. The van der Waals surface area contributed by atoms with Crippen LogP contribution in [0.25, 0.3) is 5.76 Å². The zero-order valence-corrected chi connectivity index (χ0v) is 26.8. The Bertz CT molecular complexity index is 1980. The maximum Gasteiger partial charge on any atom is 0.301 e. The van der Waals surface area contributed by atoms with Crippen molar-refractivity contribution >= 4 is 45.7 Å². The number of methoxy groups -OCH3 is 1. The molecule has 0 radical (unpaired) electrons. The average molecular weight is 670 g/mol. The lowest BCUT2D eigenvalue weighted by atomic mass is 9.95. The molecule has 1 saturated heterocycles. The first-order valence-electron chi connectivity index (χ1n) is 14.4. The number of carbonyl (C=O) groups excluding carboxylic acids is 2. The molecule has 6 rings (SSSR count). The molecule has 2 heterocycles. The number of carbonyl (C=O) groups is 2. The minimum atomic E-state index is -1.11. The van der Waals surface area contributed by atoms with E-state index in [0.717, 1.165) is 28.0 Å². The van der Waals surface area contributed by atoms with Gasteiger partial charge in [0.05, 0.1) is 18.7 Å².